The van der Waals surface area contributed by atoms with Gasteiger partial charge in [-0.2, -0.15) is 13.2 Å². The molecular formula is C36H46ClF3N4O5. The molecule has 2 aromatic carbocycles. The summed E-state index contributed by atoms with van der Waals surface area (Å²) in [5.41, 5.74) is 1.92. The van der Waals surface area contributed by atoms with E-state index in [1.165, 1.54) is 51.6 Å². The van der Waals surface area contributed by atoms with Gasteiger partial charge in [0.25, 0.3) is 0 Å². The highest BCUT2D eigenvalue weighted by Gasteiger charge is 2.45. The lowest BCUT2D eigenvalue weighted by atomic mass is 9.90. The van der Waals surface area contributed by atoms with Crippen molar-refractivity contribution in [2.24, 2.45) is 10.9 Å². The molecule has 3 aliphatic heterocycles. The Morgan fingerprint density at radius 3 is 2.16 bits per heavy atom. The number of ether oxygens (including phenoxy) is 2. The Hall–Kier alpha value is -3.51. The van der Waals surface area contributed by atoms with Gasteiger partial charge in [-0.25, -0.2) is 9.59 Å². The number of urea groups is 1. The summed E-state index contributed by atoms with van der Waals surface area (Å²) in [6.45, 7) is 6.42. The second-order valence-corrected chi connectivity index (χ2v) is 13.6. The zero-order chi connectivity index (χ0) is 35.1. The van der Waals surface area contributed by atoms with E-state index in [0.717, 1.165) is 49.2 Å². The van der Waals surface area contributed by atoms with Gasteiger partial charge in [0.05, 0.1) is 31.4 Å². The molecular weight excluding hydrogens is 661 g/mol. The predicted molar refractivity (Wildman–Crippen MR) is 182 cm³/mol. The molecule has 2 aromatic rings. The smallest absolute Gasteiger partial charge is 0.490 e. The summed E-state index contributed by atoms with van der Waals surface area (Å²) in [5.74, 6) is -0.0107. The molecule has 0 unspecified atom stereocenters. The van der Waals surface area contributed by atoms with E-state index in [0.29, 0.717) is 35.2 Å². The van der Waals surface area contributed by atoms with Gasteiger partial charge in [0, 0.05) is 30.2 Å². The minimum atomic E-state index is -5.08. The van der Waals surface area contributed by atoms with Crippen LogP contribution in [0.15, 0.2) is 47.5 Å². The van der Waals surface area contributed by atoms with Gasteiger partial charge in [0.2, 0.25) is 0 Å². The zero-order valence-corrected chi connectivity index (χ0v) is 28.9. The van der Waals surface area contributed by atoms with Crippen LogP contribution >= 0.6 is 11.6 Å². The van der Waals surface area contributed by atoms with Gasteiger partial charge >= 0.3 is 18.2 Å². The summed E-state index contributed by atoms with van der Waals surface area (Å²) >= 11 is 6.34. The Morgan fingerprint density at radius 1 is 0.959 bits per heavy atom. The van der Waals surface area contributed by atoms with E-state index in [9.17, 15) is 18.0 Å². The summed E-state index contributed by atoms with van der Waals surface area (Å²) in [7, 11) is 1.66. The molecule has 3 heterocycles. The van der Waals surface area contributed by atoms with Crippen molar-refractivity contribution in [2.45, 2.75) is 89.0 Å². The molecule has 2 amide bonds. The van der Waals surface area contributed by atoms with Crippen molar-refractivity contribution in [1.29, 1.82) is 0 Å². The number of amidine groups is 1. The van der Waals surface area contributed by atoms with Crippen LogP contribution in [0.2, 0.25) is 5.02 Å². The maximum Gasteiger partial charge on any atom is 0.490 e. The van der Waals surface area contributed by atoms with Crippen molar-refractivity contribution in [2.75, 3.05) is 39.9 Å². The second kappa shape index (κ2) is 16.5. The van der Waals surface area contributed by atoms with Crippen molar-refractivity contribution < 1.29 is 37.3 Å². The number of halogens is 4. The predicted octanol–water partition coefficient (Wildman–Crippen LogP) is 7.81. The number of carboxylic acid groups (broad SMARTS) is 1. The Bertz CT molecular complexity index is 1450. The maximum absolute atomic E-state index is 14.7. The molecule has 268 valence electrons. The lowest BCUT2D eigenvalue weighted by Crippen LogP contribution is -2.52. The second-order valence-electron chi connectivity index (χ2n) is 13.1. The number of carbonyl (C=O) groups is 2. The molecule has 0 bridgehead atoms. The van der Waals surface area contributed by atoms with Gasteiger partial charge < -0.3 is 24.4 Å². The molecule has 2 saturated heterocycles. The van der Waals surface area contributed by atoms with Gasteiger partial charge in [-0.3, -0.25) is 9.89 Å². The third-order valence-corrected chi connectivity index (χ3v) is 10.2. The average Bonchev–Trinajstić information content (AvgIpc) is 3.88. The molecule has 0 aromatic heterocycles. The summed E-state index contributed by atoms with van der Waals surface area (Å²) in [5, 5.41) is 7.82. The molecule has 1 saturated carbocycles. The molecule has 2 atom stereocenters. The monoisotopic (exact) mass is 706 g/mol. The third kappa shape index (κ3) is 9.00. The van der Waals surface area contributed by atoms with Crippen molar-refractivity contribution in [3.63, 3.8) is 0 Å². The van der Waals surface area contributed by atoms with Crippen LogP contribution in [0.3, 0.4) is 0 Å². The number of carbonyl (C=O) groups excluding carboxylic acids is 1. The standard InChI is InChI=1S/C34H45ClN4O3.C2HF3O2/c1-3-42-31-23-28(41-2)14-15-29(31)33-36-30(22-24-8-4-5-9-24)32(25-10-12-26(35)13-11-25)39(33)34(40)38-20-16-27(17-21-38)37-18-6-7-19-37;3-2(4,5)1(6)7/h10-15,23-24,27,30,32H,3-9,16-22H2,1-2H3;(H,6,7)/t30-,32+;/m1./s1. The molecule has 13 heteroatoms. The maximum atomic E-state index is 14.7. The van der Waals surface area contributed by atoms with E-state index >= 15 is 0 Å². The number of alkyl halides is 3. The molecule has 9 nitrogen and oxygen atoms in total. The van der Waals surface area contributed by atoms with E-state index < -0.39 is 12.1 Å². The number of methoxy groups -OCH3 is 1. The first-order chi connectivity index (χ1) is 23.5. The van der Waals surface area contributed by atoms with Crippen LogP contribution < -0.4 is 9.47 Å². The fourth-order valence-corrected chi connectivity index (χ4v) is 7.70. The van der Waals surface area contributed by atoms with E-state index in [1.807, 2.05) is 42.2 Å². The van der Waals surface area contributed by atoms with Gasteiger partial charge in [-0.1, -0.05) is 49.4 Å². The zero-order valence-electron chi connectivity index (χ0n) is 28.1. The first-order valence-corrected chi connectivity index (χ1v) is 17.6. The van der Waals surface area contributed by atoms with E-state index in [-0.39, 0.29) is 18.1 Å². The lowest BCUT2D eigenvalue weighted by molar-refractivity contribution is -0.192. The number of aliphatic carboxylic acids is 1. The third-order valence-electron chi connectivity index (χ3n) is 9.99. The number of hydrogen-bond acceptors (Lipinski definition) is 6. The fraction of sp³-hybridized carbons (Fsp3) is 0.583. The topological polar surface area (TPSA) is 94.9 Å². The number of aliphatic imine (C=N–C) groups is 1. The van der Waals surface area contributed by atoms with E-state index in [2.05, 4.69) is 21.9 Å². The van der Waals surface area contributed by atoms with Crippen molar-refractivity contribution in [3.05, 3.63) is 58.6 Å². The van der Waals surface area contributed by atoms with E-state index in [1.54, 1.807) is 7.11 Å². The highest BCUT2D eigenvalue weighted by molar-refractivity contribution is 6.30. The minimum Gasteiger partial charge on any atom is -0.497 e. The van der Waals surface area contributed by atoms with Crippen LogP contribution in [0.4, 0.5) is 18.0 Å². The molecule has 3 fully saturated rings. The first kappa shape index (κ1) is 36.8. The number of hydrogen-bond donors (Lipinski definition) is 1. The van der Waals surface area contributed by atoms with Crippen LogP contribution in [0, 0.1) is 5.92 Å². The lowest BCUT2D eigenvalue weighted by Gasteiger charge is -2.40. The molecule has 0 radical (unpaired) electrons. The van der Waals surface area contributed by atoms with Crippen LogP contribution in [0.25, 0.3) is 0 Å². The fourth-order valence-electron chi connectivity index (χ4n) is 7.57. The number of likely N-dealkylation sites (tertiary alicyclic amines) is 2. The van der Waals surface area contributed by atoms with Crippen LogP contribution in [-0.4, -0.2) is 95.8 Å². The Morgan fingerprint density at radius 2 is 1.59 bits per heavy atom. The molecule has 0 spiro atoms. The number of piperidine rings is 1. The summed E-state index contributed by atoms with van der Waals surface area (Å²) < 4.78 is 43.4. The van der Waals surface area contributed by atoms with Crippen LogP contribution in [0.5, 0.6) is 11.5 Å². The number of amides is 2. The summed E-state index contributed by atoms with van der Waals surface area (Å²) in [4.78, 5) is 35.7. The van der Waals surface area contributed by atoms with Crippen LogP contribution in [-0.2, 0) is 4.79 Å². The van der Waals surface area contributed by atoms with Gasteiger partial charge in [-0.05, 0) is 87.9 Å². The number of rotatable bonds is 8. The highest BCUT2D eigenvalue weighted by Crippen LogP contribution is 2.43. The Labute approximate surface area is 291 Å². The Kier molecular flexibility index (Phi) is 12.4. The van der Waals surface area contributed by atoms with Crippen molar-refractivity contribution >= 4 is 29.4 Å². The molecule has 6 rings (SSSR count). The normalized spacial score (nSPS) is 22.1. The molecule has 1 N–H and O–H groups in total. The van der Waals surface area contributed by atoms with Gasteiger partial charge in [0.15, 0.2) is 0 Å². The van der Waals surface area contributed by atoms with Crippen LogP contribution in [0.1, 0.15) is 81.9 Å². The quantitative estimate of drug-likeness (QED) is 0.301. The molecule has 49 heavy (non-hydrogen) atoms. The largest absolute Gasteiger partial charge is 0.497 e. The van der Waals surface area contributed by atoms with Crippen molar-refractivity contribution in [1.82, 2.24) is 14.7 Å². The summed E-state index contributed by atoms with van der Waals surface area (Å²) in [6, 6.07) is 14.3. The SMILES string of the molecule is CCOc1cc(OC)ccc1C1=N[C@H](CC2CCCC2)[C@H](c2ccc(Cl)cc2)N1C(=O)N1CCC(N2CCCC2)CC1.O=C(O)C(F)(F)F. The minimum absolute atomic E-state index is 0.0352. The van der Waals surface area contributed by atoms with E-state index in [4.69, 9.17) is 36.0 Å². The summed E-state index contributed by atoms with van der Waals surface area (Å²) in [6.07, 6.45) is 5.55. The number of nitrogens with zero attached hydrogens (tertiary/aromatic N) is 4. The van der Waals surface area contributed by atoms with Gasteiger partial charge in [-0.15, -0.1) is 0 Å². The highest BCUT2D eigenvalue weighted by atomic mass is 35.5. The molecule has 4 aliphatic rings. The number of benzene rings is 2. The molecule has 1 aliphatic carbocycles. The first-order valence-electron chi connectivity index (χ1n) is 17.3. The number of carboxylic acids is 1. The van der Waals surface area contributed by atoms with Crippen molar-refractivity contribution in [3.8, 4) is 11.5 Å². The van der Waals surface area contributed by atoms with Gasteiger partial charge in [0.1, 0.15) is 17.3 Å². The Balaban J connectivity index is 0.000000606. The average molecular weight is 707 g/mol.